The molecule has 2 aliphatic rings. The Morgan fingerprint density at radius 1 is 0.872 bits per heavy atom. The molecule has 1 aromatic heterocycles. The van der Waals surface area contributed by atoms with Crippen molar-refractivity contribution in [3.8, 4) is 0 Å². The number of allylic oxidation sites excluding steroid dienone is 7. The van der Waals surface area contributed by atoms with Crippen LogP contribution in [-0.2, 0) is 15.0 Å². The Balaban J connectivity index is 0.00000139. The van der Waals surface area contributed by atoms with Crippen molar-refractivity contribution in [3.63, 3.8) is 0 Å². The Morgan fingerprint density at radius 2 is 1.47 bits per heavy atom. The van der Waals surface area contributed by atoms with E-state index in [-0.39, 0.29) is 0 Å². The number of aromatic nitrogens is 1. The van der Waals surface area contributed by atoms with Crippen molar-refractivity contribution in [1.82, 2.24) is 4.98 Å². The van der Waals surface area contributed by atoms with Crippen LogP contribution in [-0.4, -0.2) is 21.4 Å². The van der Waals surface area contributed by atoms with E-state index in [1.165, 1.54) is 11.1 Å². The third-order valence-corrected chi connectivity index (χ3v) is 7.02. The number of rotatable bonds is 10. The zero-order valence-corrected chi connectivity index (χ0v) is 30.8. The normalized spacial score (nSPS) is 15.6. The first-order valence-electron chi connectivity index (χ1n) is 16.4. The number of nitrogens with zero attached hydrogens (tertiary/aromatic N) is 2. The van der Waals surface area contributed by atoms with Gasteiger partial charge in [0.2, 0.25) is 0 Å². The van der Waals surface area contributed by atoms with Gasteiger partial charge in [0.1, 0.15) is 0 Å². The Kier molecular flexibility index (Phi) is 23.3. The SMILES string of the molecule is CC[C-]=C(CC)/C([NH-])=C(\CC)C1=NC(=Cc2ccc(C=C3C=CC([CH]=[Ni])=N3)[nH]2)C(CC)=C1CC.Nc1cc[c-]cc1.[CH2-]C.[CH2-]C.[CH2-]C. The molecule has 0 saturated heterocycles. The van der Waals surface area contributed by atoms with E-state index < -0.39 is 0 Å². The topological polar surface area (TPSA) is 90.3 Å². The van der Waals surface area contributed by atoms with Crippen LogP contribution in [0, 0.1) is 32.9 Å². The molecule has 47 heavy (non-hydrogen) atoms. The first kappa shape index (κ1) is 43.2. The summed E-state index contributed by atoms with van der Waals surface area (Å²) in [7, 11) is 0. The van der Waals surface area contributed by atoms with Crippen LogP contribution in [0.5, 0.6) is 0 Å². The summed E-state index contributed by atoms with van der Waals surface area (Å²) in [6, 6.07) is 14.2. The minimum Gasteiger partial charge on any atom is -0.419 e. The molecule has 0 saturated carbocycles. The van der Waals surface area contributed by atoms with E-state index in [0.29, 0.717) is 5.70 Å². The molecule has 2 aliphatic heterocycles. The standard InChI is InChI=1S/C29H34N4.C6H6N.3C2H5.Ni/c1-7-12-20(8-2)28(30)26(11-5)29-25(10-4)24(9-3)27(33-29)18-23-16-15-22(32-23)17-21-14-13-19(6)31-21;7-6-4-2-1-3-5-6;3*1-2;/h6,13-18,30,32H,7-11H2,1-5H3;2-5H,7H2;3*1H2,2H3;/q-2;4*-1;/b21-17?,27-18?,28-26-;;;;;. The minimum absolute atomic E-state index is 0.587. The Morgan fingerprint density at radius 3 is 1.91 bits per heavy atom. The van der Waals surface area contributed by atoms with Crippen LogP contribution in [0.4, 0.5) is 5.69 Å². The number of benzene rings is 1. The van der Waals surface area contributed by atoms with Gasteiger partial charge in [0, 0.05) is 0 Å². The summed E-state index contributed by atoms with van der Waals surface area (Å²) >= 11 is 4.66. The average molecular weight is 677 g/mol. The number of hydrogen-bond donors (Lipinski definition) is 2. The van der Waals surface area contributed by atoms with E-state index in [9.17, 15) is 0 Å². The number of nitrogens with two attached hydrogens (primary N) is 1. The van der Waals surface area contributed by atoms with Gasteiger partial charge in [-0.25, -0.2) is 5.57 Å². The molecule has 5 nitrogen and oxygen atoms in total. The molecule has 3 heterocycles. The van der Waals surface area contributed by atoms with Crippen molar-refractivity contribution in [3.05, 3.63) is 138 Å². The molecule has 260 valence electrons. The summed E-state index contributed by atoms with van der Waals surface area (Å²) in [6.45, 7) is 25.6. The quantitative estimate of drug-likeness (QED) is 0.111. The van der Waals surface area contributed by atoms with Gasteiger partial charge >= 0.3 is 123 Å². The second-order valence-corrected chi connectivity index (χ2v) is 9.74. The van der Waals surface area contributed by atoms with E-state index >= 15 is 0 Å². The maximum absolute atomic E-state index is 8.89. The van der Waals surface area contributed by atoms with Gasteiger partial charge in [0.25, 0.3) is 0 Å². The second-order valence-electron chi connectivity index (χ2n) is 9.46. The fourth-order valence-electron chi connectivity index (χ4n) is 4.78. The molecule has 0 aliphatic carbocycles. The number of aliphatic imine (C=N–C) groups is 2. The van der Waals surface area contributed by atoms with Gasteiger partial charge < -0.3 is 37.9 Å². The number of anilines is 1. The molecule has 0 radical (unpaired) electrons. The Hall–Kier alpha value is -3.76. The van der Waals surface area contributed by atoms with Crippen LogP contribution in [0.2, 0.25) is 0 Å². The van der Waals surface area contributed by atoms with Crippen LogP contribution in [0.1, 0.15) is 98.9 Å². The Bertz CT molecular complexity index is 1470. The predicted octanol–water partition coefficient (Wildman–Crippen LogP) is 11.5. The van der Waals surface area contributed by atoms with Crippen LogP contribution < -0.4 is 5.73 Å². The van der Waals surface area contributed by atoms with Gasteiger partial charge in [0.15, 0.2) is 0 Å². The third kappa shape index (κ3) is 13.5. The van der Waals surface area contributed by atoms with Crippen molar-refractivity contribution in [2.24, 2.45) is 9.98 Å². The smallest absolute Gasteiger partial charge is 0.419 e. The molecule has 0 unspecified atom stereocenters. The zero-order chi connectivity index (χ0) is 35.8. The van der Waals surface area contributed by atoms with Crippen molar-refractivity contribution in [2.75, 3.05) is 5.73 Å². The fourth-order valence-corrected chi connectivity index (χ4v) is 4.93. The predicted molar refractivity (Wildman–Crippen MR) is 206 cm³/mol. The summed E-state index contributed by atoms with van der Waals surface area (Å²) in [5, 5.41) is 0. The molecule has 0 fully saturated rings. The van der Waals surface area contributed by atoms with Gasteiger partial charge in [-0.3, -0.25) is 6.08 Å². The van der Waals surface area contributed by atoms with Gasteiger partial charge in [-0.05, 0) is 12.8 Å². The van der Waals surface area contributed by atoms with Gasteiger partial charge in [-0.2, -0.15) is 39.0 Å². The van der Waals surface area contributed by atoms with Gasteiger partial charge in [-0.15, -0.1) is 24.1 Å². The van der Waals surface area contributed by atoms with Crippen LogP contribution >= 0.6 is 0 Å². The summed E-state index contributed by atoms with van der Waals surface area (Å²) in [5.41, 5.74) is 25.8. The van der Waals surface area contributed by atoms with Crippen molar-refractivity contribution >= 4 is 34.3 Å². The van der Waals surface area contributed by atoms with Gasteiger partial charge in [0.05, 0.1) is 0 Å². The van der Waals surface area contributed by atoms with E-state index in [1.807, 2.05) is 18.2 Å². The summed E-state index contributed by atoms with van der Waals surface area (Å²) in [5.74, 6) is 0. The van der Waals surface area contributed by atoms with Crippen molar-refractivity contribution in [1.29, 1.82) is 0 Å². The van der Waals surface area contributed by atoms with Crippen molar-refractivity contribution < 1.29 is 15.0 Å². The second kappa shape index (κ2) is 25.3. The van der Waals surface area contributed by atoms with E-state index in [1.54, 1.807) is 50.0 Å². The van der Waals surface area contributed by atoms with Crippen LogP contribution in [0.15, 0.2) is 97.9 Å². The molecular formula is C41H55N5Ni-6. The van der Waals surface area contributed by atoms with Crippen LogP contribution in [0.25, 0.3) is 17.9 Å². The summed E-state index contributed by atoms with van der Waals surface area (Å²) in [4.78, 5) is 14.7. The van der Waals surface area contributed by atoms with E-state index in [2.05, 4.69) is 111 Å². The molecule has 1 aromatic carbocycles. The van der Waals surface area contributed by atoms with Gasteiger partial charge in [-0.1, -0.05) is 46.7 Å². The van der Waals surface area contributed by atoms with E-state index in [0.717, 1.165) is 83.1 Å². The minimum atomic E-state index is 0.587. The first-order valence-corrected chi connectivity index (χ1v) is 16.9. The number of nitrogens with one attached hydrogen (secondary N) is 2. The van der Waals surface area contributed by atoms with E-state index in [4.69, 9.17) is 16.5 Å². The molecule has 6 heteroatoms. The zero-order valence-electron chi connectivity index (χ0n) is 29.8. The molecular weight excluding hydrogens is 621 g/mol. The Labute approximate surface area is 294 Å². The monoisotopic (exact) mass is 675 g/mol. The number of hydrogen-bond acceptors (Lipinski definition) is 3. The van der Waals surface area contributed by atoms with Crippen molar-refractivity contribution in [2.45, 2.75) is 87.5 Å². The molecule has 0 spiro atoms. The molecule has 4 N–H and O–H groups in total. The summed E-state index contributed by atoms with van der Waals surface area (Å²) < 4.78 is 0. The molecule has 0 amide bonds. The molecule has 4 rings (SSSR count). The number of nitrogen functional groups attached to an aromatic ring is 1. The number of aromatic amines is 1. The first-order chi connectivity index (χ1) is 22.9. The number of H-pyrrole nitrogens is 1. The maximum atomic E-state index is 8.89. The van der Waals surface area contributed by atoms with Crippen LogP contribution in [0.3, 0.4) is 0 Å². The molecule has 0 atom stereocenters. The third-order valence-electron chi connectivity index (χ3n) is 6.73. The molecule has 2 aromatic rings. The fraction of sp³-hybridized carbons (Fsp3) is 0.317. The summed E-state index contributed by atoms with van der Waals surface area (Å²) in [6.07, 6.45) is 15.6. The average Bonchev–Trinajstić information content (AvgIpc) is 3.86. The molecule has 0 bridgehead atoms.